The molecule has 0 bridgehead atoms. The smallest absolute Gasteiger partial charge is 0.0468 e. The van der Waals surface area contributed by atoms with Gasteiger partial charge in [0.15, 0.2) is 0 Å². The van der Waals surface area contributed by atoms with Gasteiger partial charge in [-0.1, -0.05) is 56.5 Å². The lowest BCUT2D eigenvalue weighted by Crippen LogP contribution is -2.32. The molecule has 0 heterocycles. The second-order valence-corrected chi connectivity index (χ2v) is 5.53. The molecule has 3 heteroatoms. The van der Waals surface area contributed by atoms with Crippen molar-refractivity contribution in [2.24, 2.45) is 0 Å². The summed E-state index contributed by atoms with van der Waals surface area (Å²) in [7, 11) is 0. The largest absolute Gasteiger partial charge is 0.307 e. The Kier molecular flexibility index (Phi) is 7.06. The molecular formula is C15H23Cl2N. The minimum atomic E-state index is 0.311. The first-order valence-electron chi connectivity index (χ1n) is 6.83. The Balaban J connectivity index is 2.81. The van der Waals surface area contributed by atoms with E-state index in [1.54, 1.807) is 0 Å². The second-order valence-electron chi connectivity index (χ2n) is 4.69. The van der Waals surface area contributed by atoms with Crippen molar-refractivity contribution < 1.29 is 0 Å². The van der Waals surface area contributed by atoms with Crippen LogP contribution in [0.25, 0.3) is 0 Å². The first kappa shape index (κ1) is 15.8. The van der Waals surface area contributed by atoms with Crippen molar-refractivity contribution in [3.05, 3.63) is 33.8 Å². The first-order valence-corrected chi connectivity index (χ1v) is 7.58. The molecule has 0 fully saturated rings. The summed E-state index contributed by atoms with van der Waals surface area (Å²) in [6.45, 7) is 6.63. The fraction of sp³-hybridized carbons (Fsp3) is 0.600. The van der Waals surface area contributed by atoms with Crippen molar-refractivity contribution in [1.82, 2.24) is 5.32 Å². The minimum absolute atomic E-state index is 0.311. The molecule has 0 aromatic heterocycles. The summed E-state index contributed by atoms with van der Waals surface area (Å²) in [5, 5.41) is 5.15. The zero-order valence-electron chi connectivity index (χ0n) is 11.5. The molecule has 0 spiro atoms. The molecule has 1 nitrogen and oxygen atoms in total. The number of rotatable bonds is 7. The number of nitrogens with one attached hydrogen (secondary N) is 1. The molecule has 1 rings (SSSR count). The number of hydrogen-bond donors (Lipinski definition) is 1. The normalized spacial score (nSPS) is 14.5. The summed E-state index contributed by atoms with van der Waals surface area (Å²) in [5.74, 6) is 0. The molecule has 0 aliphatic rings. The van der Waals surface area contributed by atoms with Gasteiger partial charge in [0.25, 0.3) is 0 Å². The maximum atomic E-state index is 6.28. The molecule has 1 aromatic rings. The molecule has 2 unspecified atom stereocenters. The van der Waals surface area contributed by atoms with Gasteiger partial charge in [0.2, 0.25) is 0 Å². The van der Waals surface area contributed by atoms with Gasteiger partial charge in [-0.05, 0) is 37.0 Å². The first-order chi connectivity index (χ1) is 8.62. The lowest BCUT2D eigenvalue weighted by molar-refractivity contribution is 0.394. The SMILES string of the molecule is CCCC(CC)NC(CC)c1ccc(Cl)cc1Cl. The van der Waals surface area contributed by atoms with Gasteiger partial charge in [0.05, 0.1) is 0 Å². The Morgan fingerprint density at radius 1 is 1.11 bits per heavy atom. The molecule has 1 N–H and O–H groups in total. The molecule has 0 radical (unpaired) electrons. The van der Waals surface area contributed by atoms with Crippen LogP contribution < -0.4 is 5.32 Å². The third-order valence-corrected chi connectivity index (χ3v) is 3.88. The van der Waals surface area contributed by atoms with Gasteiger partial charge in [-0.25, -0.2) is 0 Å². The third-order valence-electron chi connectivity index (χ3n) is 3.31. The van der Waals surface area contributed by atoms with Gasteiger partial charge >= 0.3 is 0 Å². The molecule has 0 amide bonds. The van der Waals surface area contributed by atoms with Gasteiger partial charge in [0, 0.05) is 22.1 Å². The fourth-order valence-corrected chi connectivity index (χ4v) is 2.79. The van der Waals surface area contributed by atoms with Crippen molar-refractivity contribution in [1.29, 1.82) is 0 Å². The molecule has 2 atom stereocenters. The minimum Gasteiger partial charge on any atom is -0.307 e. The average molecular weight is 288 g/mol. The topological polar surface area (TPSA) is 12.0 Å². The van der Waals surface area contributed by atoms with Crippen molar-refractivity contribution >= 4 is 23.2 Å². The summed E-state index contributed by atoms with van der Waals surface area (Å²) in [6.07, 6.45) is 4.59. The van der Waals surface area contributed by atoms with E-state index in [1.807, 2.05) is 18.2 Å². The summed E-state index contributed by atoms with van der Waals surface area (Å²) in [4.78, 5) is 0. The maximum Gasteiger partial charge on any atom is 0.0468 e. The lowest BCUT2D eigenvalue weighted by atomic mass is 10.0. The van der Waals surface area contributed by atoms with Crippen molar-refractivity contribution in [2.75, 3.05) is 0 Å². The predicted molar refractivity (Wildman–Crippen MR) is 81.6 cm³/mol. The van der Waals surface area contributed by atoms with E-state index in [9.17, 15) is 0 Å². The van der Waals surface area contributed by atoms with Gasteiger partial charge < -0.3 is 5.32 Å². The summed E-state index contributed by atoms with van der Waals surface area (Å²) < 4.78 is 0. The second kappa shape index (κ2) is 8.04. The molecule has 0 aliphatic heterocycles. The van der Waals surface area contributed by atoms with Gasteiger partial charge in [-0.3, -0.25) is 0 Å². The lowest BCUT2D eigenvalue weighted by Gasteiger charge is -2.25. The highest BCUT2D eigenvalue weighted by Crippen LogP contribution is 2.28. The van der Waals surface area contributed by atoms with Crippen molar-refractivity contribution in [3.8, 4) is 0 Å². The van der Waals surface area contributed by atoms with E-state index in [-0.39, 0.29) is 0 Å². The Morgan fingerprint density at radius 2 is 1.83 bits per heavy atom. The van der Waals surface area contributed by atoms with Crippen LogP contribution in [0, 0.1) is 0 Å². The van der Waals surface area contributed by atoms with E-state index in [0.717, 1.165) is 23.4 Å². The van der Waals surface area contributed by atoms with Crippen LogP contribution in [0.1, 0.15) is 58.1 Å². The highest BCUT2D eigenvalue weighted by Gasteiger charge is 2.16. The molecule has 0 aliphatic carbocycles. The molecule has 0 saturated carbocycles. The van der Waals surface area contributed by atoms with Crippen LogP contribution in [0.2, 0.25) is 10.0 Å². The Hall–Kier alpha value is -0.240. The highest BCUT2D eigenvalue weighted by molar-refractivity contribution is 6.35. The highest BCUT2D eigenvalue weighted by atomic mass is 35.5. The van der Waals surface area contributed by atoms with Crippen LogP contribution in [0.15, 0.2) is 18.2 Å². The summed E-state index contributed by atoms with van der Waals surface area (Å²) in [5.41, 5.74) is 1.15. The summed E-state index contributed by atoms with van der Waals surface area (Å²) >= 11 is 12.2. The van der Waals surface area contributed by atoms with Crippen LogP contribution in [0.5, 0.6) is 0 Å². The zero-order valence-corrected chi connectivity index (χ0v) is 13.0. The Labute approximate surface area is 121 Å². The van der Waals surface area contributed by atoms with Crippen LogP contribution in [-0.2, 0) is 0 Å². The maximum absolute atomic E-state index is 6.28. The van der Waals surface area contributed by atoms with Gasteiger partial charge in [0.1, 0.15) is 0 Å². The third kappa shape index (κ3) is 4.46. The number of benzene rings is 1. The molecule has 1 aromatic carbocycles. The van der Waals surface area contributed by atoms with Crippen molar-refractivity contribution in [2.45, 2.75) is 58.5 Å². The molecular weight excluding hydrogens is 265 g/mol. The molecule has 0 saturated heterocycles. The van der Waals surface area contributed by atoms with Crippen LogP contribution >= 0.6 is 23.2 Å². The molecule has 18 heavy (non-hydrogen) atoms. The number of hydrogen-bond acceptors (Lipinski definition) is 1. The Bertz CT molecular complexity index is 366. The van der Waals surface area contributed by atoms with E-state index >= 15 is 0 Å². The summed E-state index contributed by atoms with van der Waals surface area (Å²) in [6, 6.07) is 6.64. The number of halogens is 2. The predicted octanol–water partition coefficient (Wildman–Crippen LogP) is 5.61. The molecule has 102 valence electrons. The standard InChI is InChI=1S/C15H23Cl2N/c1-4-7-12(5-2)18-15(6-3)13-9-8-11(16)10-14(13)17/h8-10,12,15,18H,4-7H2,1-3H3. The van der Waals surface area contributed by atoms with Crippen molar-refractivity contribution in [3.63, 3.8) is 0 Å². The average Bonchev–Trinajstić information content (AvgIpc) is 2.35. The fourth-order valence-electron chi connectivity index (χ4n) is 2.25. The van der Waals surface area contributed by atoms with E-state index in [0.29, 0.717) is 17.1 Å². The van der Waals surface area contributed by atoms with E-state index in [1.165, 1.54) is 12.8 Å². The van der Waals surface area contributed by atoms with Crippen LogP contribution in [0.4, 0.5) is 0 Å². The van der Waals surface area contributed by atoms with Crippen LogP contribution in [-0.4, -0.2) is 6.04 Å². The van der Waals surface area contributed by atoms with Gasteiger partial charge in [-0.15, -0.1) is 0 Å². The Morgan fingerprint density at radius 3 is 2.33 bits per heavy atom. The zero-order chi connectivity index (χ0) is 13.5. The van der Waals surface area contributed by atoms with E-state index < -0.39 is 0 Å². The monoisotopic (exact) mass is 287 g/mol. The van der Waals surface area contributed by atoms with Gasteiger partial charge in [-0.2, -0.15) is 0 Å². The quantitative estimate of drug-likeness (QED) is 0.687. The van der Waals surface area contributed by atoms with E-state index in [2.05, 4.69) is 26.1 Å². The van der Waals surface area contributed by atoms with E-state index in [4.69, 9.17) is 23.2 Å². The van der Waals surface area contributed by atoms with Crippen LogP contribution in [0.3, 0.4) is 0 Å².